The van der Waals surface area contributed by atoms with Crippen LogP contribution in [0.1, 0.15) is 62.5 Å². The molecule has 0 saturated heterocycles. The number of hydrogen-bond donors (Lipinski definition) is 2. The summed E-state index contributed by atoms with van der Waals surface area (Å²) >= 11 is 3.38. The van der Waals surface area contributed by atoms with Crippen molar-refractivity contribution in [2.45, 2.75) is 68.1 Å². The van der Waals surface area contributed by atoms with Crippen molar-refractivity contribution in [3.05, 3.63) is 83.4 Å². The number of halogens is 1. The molecule has 0 spiro atoms. The molecule has 4 bridgehead atoms. The van der Waals surface area contributed by atoms with Gasteiger partial charge in [0.25, 0.3) is 0 Å². The third-order valence-corrected chi connectivity index (χ3v) is 11.5. The molecule has 5 aromatic rings. The van der Waals surface area contributed by atoms with Gasteiger partial charge in [0.05, 0.1) is 16.7 Å². The van der Waals surface area contributed by atoms with Gasteiger partial charge in [-0.1, -0.05) is 56.3 Å². The van der Waals surface area contributed by atoms with Crippen LogP contribution in [0.4, 0.5) is 4.53 Å². The highest BCUT2D eigenvalue weighted by Crippen LogP contribution is 2.44. The molecule has 6 rings (SSSR count). The molecule has 1 aliphatic heterocycles. The Hall–Kier alpha value is -3.83. The molecule has 1 aliphatic rings. The summed E-state index contributed by atoms with van der Waals surface area (Å²) in [5.41, 5.74) is 3.82. The van der Waals surface area contributed by atoms with Crippen molar-refractivity contribution in [1.82, 2.24) is 24.7 Å². The standard InChI is InChI=1S/C35H38FN5O3S2/c1-34(2)12-6-13-35(3,23-8-5-7-22(17-23)18-30(42)43)33-39-32(41(4)40-33)28-19-24(9-14-38-28)46-31-26(11-16-45-21-34)25-10-15-37-27(25)20-29(31)44-36/h5,7-10,14-15,17,19-20,37H,6,11-13,16,18,21H2,1-4H3,(H,42,43)/t35-/m1/s1. The van der Waals surface area contributed by atoms with Crippen LogP contribution in [0, 0.1) is 5.41 Å². The van der Waals surface area contributed by atoms with Crippen LogP contribution in [0.15, 0.2) is 70.7 Å². The van der Waals surface area contributed by atoms with E-state index in [1.165, 1.54) is 11.8 Å². The summed E-state index contributed by atoms with van der Waals surface area (Å²) in [5, 5.41) is 15.5. The molecule has 8 nitrogen and oxygen atoms in total. The highest BCUT2D eigenvalue weighted by atomic mass is 32.2. The molecule has 4 heterocycles. The Balaban J connectivity index is 1.46. The number of nitrogens with zero attached hydrogens (tertiary/aromatic N) is 4. The second-order valence-electron chi connectivity index (χ2n) is 13.0. The first kappa shape index (κ1) is 32.1. The number of aromatic amines is 1. The molecule has 0 unspecified atom stereocenters. The smallest absolute Gasteiger partial charge is 0.307 e. The summed E-state index contributed by atoms with van der Waals surface area (Å²) < 4.78 is 15.8. The summed E-state index contributed by atoms with van der Waals surface area (Å²) in [6.07, 6.45) is 7.08. The first-order chi connectivity index (χ1) is 22.1. The Bertz CT molecular complexity index is 1890. The number of nitrogens with one attached hydrogen (secondary N) is 1. The molecule has 240 valence electrons. The monoisotopic (exact) mass is 659 g/mol. The van der Waals surface area contributed by atoms with Crippen molar-refractivity contribution in [1.29, 1.82) is 0 Å². The summed E-state index contributed by atoms with van der Waals surface area (Å²) in [4.78, 5) is 30.6. The zero-order chi connectivity index (χ0) is 32.5. The largest absolute Gasteiger partial charge is 0.481 e. The number of aliphatic carboxylic acids is 1. The van der Waals surface area contributed by atoms with Gasteiger partial charge in [0.15, 0.2) is 17.4 Å². The molecule has 0 amide bonds. The molecule has 1 atom stereocenters. The number of benzene rings is 2. The van der Waals surface area contributed by atoms with Gasteiger partial charge in [-0.2, -0.15) is 16.9 Å². The predicted octanol–water partition coefficient (Wildman–Crippen LogP) is 8.19. The van der Waals surface area contributed by atoms with E-state index >= 15 is 0 Å². The highest BCUT2D eigenvalue weighted by Gasteiger charge is 2.35. The Kier molecular flexibility index (Phi) is 9.16. The van der Waals surface area contributed by atoms with Gasteiger partial charge in [-0.15, -0.1) is 0 Å². The molecule has 0 radical (unpaired) electrons. The summed E-state index contributed by atoms with van der Waals surface area (Å²) in [5.74, 6) is 2.48. The molecule has 0 fully saturated rings. The molecule has 3 aromatic heterocycles. The van der Waals surface area contributed by atoms with E-state index in [2.05, 4.69) is 35.7 Å². The topological polar surface area (TPSA) is 106 Å². The minimum Gasteiger partial charge on any atom is -0.481 e. The maximum absolute atomic E-state index is 14.0. The van der Waals surface area contributed by atoms with E-state index < -0.39 is 11.4 Å². The number of carboxylic acid groups (broad SMARTS) is 1. The van der Waals surface area contributed by atoms with E-state index in [1.807, 2.05) is 67.5 Å². The Labute approximate surface area is 276 Å². The van der Waals surface area contributed by atoms with E-state index in [-0.39, 0.29) is 17.6 Å². The summed E-state index contributed by atoms with van der Waals surface area (Å²) in [6, 6.07) is 15.4. The van der Waals surface area contributed by atoms with E-state index in [0.29, 0.717) is 17.3 Å². The first-order valence-electron chi connectivity index (χ1n) is 15.4. The fourth-order valence-corrected chi connectivity index (χ4v) is 8.56. The van der Waals surface area contributed by atoms with Crippen LogP contribution >= 0.6 is 23.5 Å². The number of carboxylic acids is 1. The number of carbonyl (C=O) groups is 1. The van der Waals surface area contributed by atoms with Gasteiger partial charge < -0.3 is 10.1 Å². The van der Waals surface area contributed by atoms with Crippen molar-refractivity contribution in [2.24, 2.45) is 12.5 Å². The number of fused-ring (bicyclic) bond motifs is 8. The fraction of sp³-hybridized carbons (Fsp3) is 0.371. The van der Waals surface area contributed by atoms with Crippen molar-refractivity contribution in [3.63, 3.8) is 0 Å². The van der Waals surface area contributed by atoms with Gasteiger partial charge in [0, 0.05) is 45.8 Å². The van der Waals surface area contributed by atoms with Crippen molar-refractivity contribution in [3.8, 4) is 17.3 Å². The molecular weight excluding hydrogens is 622 g/mol. The predicted molar refractivity (Wildman–Crippen MR) is 181 cm³/mol. The number of hydrogen-bond acceptors (Lipinski definition) is 7. The third-order valence-electron chi connectivity index (χ3n) is 8.84. The van der Waals surface area contributed by atoms with E-state index in [9.17, 15) is 14.4 Å². The normalized spacial score (nSPS) is 18.8. The van der Waals surface area contributed by atoms with Gasteiger partial charge in [0.2, 0.25) is 0 Å². The van der Waals surface area contributed by atoms with E-state index in [4.69, 9.17) is 10.1 Å². The molecule has 2 aromatic carbocycles. The lowest BCUT2D eigenvalue weighted by atomic mass is 9.75. The van der Waals surface area contributed by atoms with Crippen molar-refractivity contribution >= 4 is 40.4 Å². The maximum atomic E-state index is 14.0. The van der Waals surface area contributed by atoms with Crippen LogP contribution in [0.3, 0.4) is 0 Å². The first-order valence-corrected chi connectivity index (χ1v) is 17.4. The zero-order valence-corrected chi connectivity index (χ0v) is 28.1. The Morgan fingerprint density at radius 3 is 2.80 bits per heavy atom. The van der Waals surface area contributed by atoms with Gasteiger partial charge >= 0.3 is 5.97 Å². The van der Waals surface area contributed by atoms with Crippen molar-refractivity contribution < 1.29 is 19.4 Å². The molecule has 0 saturated carbocycles. The van der Waals surface area contributed by atoms with E-state index in [1.54, 1.807) is 16.9 Å². The lowest BCUT2D eigenvalue weighted by Gasteiger charge is -2.30. The number of rotatable bonds is 4. The van der Waals surface area contributed by atoms with Crippen LogP contribution in [0.25, 0.3) is 22.4 Å². The second kappa shape index (κ2) is 13.1. The van der Waals surface area contributed by atoms with Crippen LogP contribution in [-0.2, 0) is 30.1 Å². The Morgan fingerprint density at radius 2 is 2.00 bits per heavy atom. The molecule has 2 N–H and O–H groups in total. The minimum atomic E-state index is -0.862. The lowest BCUT2D eigenvalue weighted by Crippen LogP contribution is -2.27. The maximum Gasteiger partial charge on any atom is 0.307 e. The lowest BCUT2D eigenvalue weighted by molar-refractivity contribution is -0.136. The van der Waals surface area contributed by atoms with Crippen LogP contribution in [-0.4, -0.2) is 47.3 Å². The highest BCUT2D eigenvalue weighted by molar-refractivity contribution is 7.99. The number of aryl methyl sites for hydroxylation is 2. The molecule has 46 heavy (non-hydrogen) atoms. The van der Waals surface area contributed by atoms with Gasteiger partial charge in [-0.05, 0) is 78.0 Å². The van der Waals surface area contributed by atoms with Crippen molar-refractivity contribution in [2.75, 3.05) is 11.5 Å². The minimum absolute atomic E-state index is 0.0443. The van der Waals surface area contributed by atoms with Gasteiger partial charge in [-0.25, -0.2) is 9.67 Å². The molecular formula is C35H38FN5O3S2. The fourth-order valence-electron chi connectivity index (χ4n) is 6.31. The average molecular weight is 660 g/mol. The van der Waals surface area contributed by atoms with Crippen LogP contribution in [0.2, 0.25) is 0 Å². The zero-order valence-electron chi connectivity index (χ0n) is 26.5. The molecule has 0 aliphatic carbocycles. The van der Waals surface area contributed by atoms with Gasteiger partial charge in [-0.3, -0.25) is 14.7 Å². The summed E-state index contributed by atoms with van der Waals surface area (Å²) in [7, 11) is 1.87. The number of thioether (sulfide) groups is 1. The number of aromatic nitrogens is 5. The molecule has 11 heteroatoms. The van der Waals surface area contributed by atoms with E-state index in [0.717, 1.165) is 74.6 Å². The van der Waals surface area contributed by atoms with Gasteiger partial charge in [0.1, 0.15) is 5.69 Å². The quantitative estimate of drug-likeness (QED) is 0.199. The Morgan fingerprint density at radius 1 is 1.15 bits per heavy atom. The number of H-pyrrole nitrogens is 1. The third kappa shape index (κ3) is 6.66. The second-order valence-corrected chi connectivity index (χ2v) is 15.2. The summed E-state index contributed by atoms with van der Waals surface area (Å²) in [6.45, 7) is 6.77. The number of pyridine rings is 1. The SMILES string of the molecule is Cn1nc2nc1-c1cc(ccn1)Sc1c(OF)cc3[nH]ccc3c1CCSCC(C)(C)CCC[C@]2(C)c1cccc(CC(=O)O)c1. The average Bonchev–Trinajstić information content (AvgIpc) is 3.66. The van der Waals surface area contributed by atoms with Crippen LogP contribution in [0.5, 0.6) is 5.75 Å². The van der Waals surface area contributed by atoms with Crippen LogP contribution < -0.4 is 4.94 Å².